The van der Waals surface area contributed by atoms with Crippen molar-refractivity contribution in [3.63, 3.8) is 0 Å². The third-order valence-electron chi connectivity index (χ3n) is 2.92. The first-order valence-corrected chi connectivity index (χ1v) is 5.91. The Morgan fingerprint density at radius 3 is 2.78 bits per heavy atom. The monoisotopic (exact) mass is 248 g/mol. The van der Waals surface area contributed by atoms with Gasteiger partial charge in [-0.05, 0) is 5.56 Å². The van der Waals surface area contributed by atoms with E-state index in [0.717, 1.165) is 5.56 Å². The Labute approximate surface area is 106 Å². The second-order valence-corrected chi connectivity index (χ2v) is 4.31. The molecule has 96 valence electrons. The van der Waals surface area contributed by atoms with Crippen molar-refractivity contribution in [3.05, 3.63) is 35.9 Å². The van der Waals surface area contributed by atoms with E-state index in [1.54, 1.807) is 0 Å². The molecule has 18 heavy (non-hydrogen) atoms. The highest BCUT2D eigenvalue weighted by Gasteiger charge is 2.27. The molecule has 1 aromatic carbocycles. The lowest BCUT2D eigenvalue weighted by atomic mass is 10.1. The summed E-state index contributed by atoms with van der Waals surface area (Å²) >= 11 is 0. The Bertz CT molecular complexity index is 433. The number of nitrogens with two attached hydrogens (primary N) is 1. The normalized spacial score (nSPS) is 19.7. The molecule has 5 heteroatoms. The van der Waals surface area contributed by atoms with E-state index in [-0.39, 0.29) is 18.9 Å². The molecule has 0 aromatic heterocycles. The zero-order valence-corrected chi connectivity index (χ0v) is 10.0. The molecule has 0 bridgehead atoms. The second kappa shape index (κ2) is 5.64. The van der Waals surface area contributed by atoms with Crippen molar-refractivity contribution in [1.29, 1.82) is 0 Å². The van der Waals surface area contributed by atoms with Crippen molar-refractivity contribution in [2.45, 2.75) is 19.1 Å². The van der Waals surface area contributed by atoms with Crippen LogP contribution in [-0.4, -0.2) is 35.9 Å². The van der Waals surface area contributed by atoms with Crippen LogP contribution in [0.15, 0.2) is 30.3 Å². The fourth-order valence-electron chi connectivity index (χ4n) is 1.84. The van der Waals surface area contributed by atoms with Gasteiger partial charge in [0.1, 0.15) is 6.61 Å². The second-order valence-electron chi connectivity index (χ2n) is 4.31. The summed E-state index contributed by atoms with van der Waals surface area (Å²) in [5.41, 5.74) is 6.55. The standard InChI is InChI=1S/C13H16N2O3/c14-11-8-15(7-6-12(11)16)13(17)18-9-10-4-2-1-3-5-10/h1-5,11H,6-9,14H2/t11-/m0/s1. The Balaban J connectivity index is 1.83. The number of likely N-dealkylation sites (tertiary alicyclic amines) is 1. The van der Waals surface area contributed by atoms with E-state index in [1.807, 2.05) is 30.3 Å². The average Bonchev–Trinajstić information content (AvgIpc) is 2.40. The van der Waals surface area contributed by atoms with Crippen molar-refractivity contribution in [1.82, 2.24) is 4.90 Å². The van der Waals surface area contributed by atoms with Gasteiger partial charge in [-0.3, -0.25) is 4.79 Å². The number of carbonyl (C=O) groups excluding carboxylic acids is 2. The number of hydrogen-bond acceptors (Lipinski definition) is 4. The number of benzene rings is 1. The fraction of sp³-hybridized carbons (Fsp3) is 0.385. The van der Waals surface area contributed by atoms with Crippen LogP contribution in [0.3, 0.4) is 0 Å². The molecule has 0 radical (unpaired) electrons. The number of nitrogens with zero attached hydrogens (tertiary/aromatic N) is 1. The SMILES string of the molecule is N[C@H]1CN(C(=O)OCc2ccccc2)CCC1=O. The van der Waals surface area contributed by atoms with E-state index in [4.69, 9.17) is 10.5 Å². The summed E-state index contributed by atoms with van der Waals surface area (Å²) in [5.74, 6) is 0.00195. The minimum atomic E-state index is -0.581. The molecule has 1 aliphatic rings. The molecule has 0 unspecified atom stereocenters. The Morgan fingerprint density at radius 2 is 2.11 bits per heavy atom. The quantitative estimate of drug-likeness (QED) is 0.845. The number of Topliss-reactive ketones (excluding diaryl/α,β-unsaturated/α-hetero) is 1. The highest BCUT2D eigenvalue weighted by molar-refractivity contribution is 5.86. The summed E-state index contributed by atoms with van der Waals surface area (Å²) in [7, 11) is 0. The predicted octanol–water partition coefficient (Wildman–Crippen LogP) is 0.925. The van der Waals surface area contributed by atoms with Crippen LogP contribution in [-0.2, 0) is 16.1 Å². The van der Waals surface area contributed by atoms with Gasteiger partial charge in [-0.2, -0.15) is 0 Å². The highest BCUT2D eigenvalue weighted by Crippen LogP contribution is 2.08. The van der Waals surface area contributed by atoms with Crippen molar-refractivity contribution < 1.29 is 14.3 Å². The van der Waals surface area contributed by atoms with Gasteiger partial charge in [0, 0.05) is 19.5 Å². The molecule has 1 aromatic rings. The van der Waals surface area contributed by atoms with Gasteiger partial charge in [0.15, 0.2) is 5.78 Å². The van der Waals surface area contributed by atoms with E-state index in [9.17, 15) is 9.59 Å². The van der Waals surface area contributed by atoms with Crippen LogP contribution in [0.4, 0.5) is 4.79 Å². The number of carbonyl (C=O) groups is 2. The summed E-state index contributed by atoms with van der Waals surface area (Å²) in [6.45, 7) is 0.867. The van der Waals surface area contributed by atoms with Crippen molar-refractivity contribution in [2.24, 2.45) is 5.73 Å². The number of ether oxygens (including phenoxy) is 1. The third-order valence-corrected chi connectivity index (χ3v) is 2.92. The van der Waals surface area contributed by atoms with Gasteiger partial charge in [-0.15, -0.1) is 0 Å². The number of hydrogen-bond donors (Lipinski definition) is 1. The van der Waals surface area contributed by atoms with Crippen LogP contribution < -0.4 is 5.73 Å². The molecule has 0 spiro atoms. The average molecular weight is 248 g/mol. The van der Waals surface area contributed by atoms with Crippen LogP contribution in [0.25, 0.3) is 0 Å². The minimum absolute atomic E-state index is 0.00195. The lowest BCUT2D eigenvalue weighted by Gasteiger charge is -2.28. The van der Waals surface area contributed by atoms with Crippen LogP contribution in [0.5, 0.6) is 0 Å². The van der Waals surface area contributed by atoms with Gasteiger partial charge in [0.25, 0.3) is 0 Å². The minimum Gasteiger partial charge on any atom is -0.445 e. The smallest absolute Gasteiger partial charge is 0.410 e. The van der Waals surface area contributed by atoms with Crippen LogP contribution in [0.1, 0.15) is 12.0 Å². The van der Waals surface area contributed by atoms with Gasteiger partial charge >= 0.3 is 6.09 Å². The van der Waals surface area contributed by atoms with Gasteiger partial charge in [-0.1, -0.05) is 30.3 Å². The van der Waals surface area contributed by atoms with Gasteiger partial charge in [0.05, 0.1) is 6.04 Å². The first kappa shape index (κ1) is 12.6. The fourth-order valence-corrected chi connectivity index (χ4v) is 1.84. The molecule has 1 saturated heterocycles. The first-order chi connectivity index (χ1) is 8.66. The van der Waals surface area contributed by atoms with E-state index in [2.05, 4.69) is 0 Å². The number of ketones is 1. The molecule has 1 amide bonds. The molecule has 1 fully saturated rings. The van der Waals surface area contributed by atoms with Crippen molar-refractivity contribution in [3.8, 4) is 0 Å². The van der Waals surface area contributed by atoms with E-state index in [0.29, 0.717) is 13.0 Å². The van der Waals surface area contributed by atoms with Gasteiger partial charge in [-0.25, -0.2) is 4.79 Å². The Hall–Kier alpha value is -1.88. The summed E-state index contributed by atoms with van der Waals surface area (Å²) < 4.78 is 5.17. The van der Waals surface area contributed by atoms with E-state index in [1.165, 1.54) is 4.90 Å². The first-order valence-electron chi connectivity index (χ1n) is 5.91. The molecule has 1 heterocycles. The zero-order chi connectivity index (χ0) is 13.0. The summed E-state index contributed by atoms with van der Waals surface area (Å²) in [6, 6.07) is 8.87. The maximum absolute atomic E-state index is 11.8. The molecule has 0 saturated carbocycles. The Morgan fingerprint density at radius 1 is 1.39 bits per heavy atom. The lowest BCUT2D eigenvalue weighted by Crippen LogP contribution is -2.51. The van der Waals surface area contributed by atoms with Gasteiger partial charge < -0.3 is 15.4 Å². The summed E-state index contributed by atoms with van der Waals surface area (Å²) in [4.78, 5) is 24.5. The number of rotatable bonds is 2. The Kier molecular flexibility index (Phi) is 3.94. The van der Waals surface area contributed by atoms with Crippen molar-refractivity contribution >= 4 is 11.9 Å². The number of piperidine rings is 1. The topological polar surface area (TPSA) is 72.6 Å². The highest BCUT2D eigenvalue weighted by atomic mass is 16.6. The summed E-state index contributed by atoms with van der Waals surface area (Å²) in [5, 5.41) is 0. The lowest BCUT2D eigenvalue weighted by molar-refractivity contribution is -0.122. The predicted molar refractivity (Wildman–Crippen MR) is 65.8 cm³/mol. The molecule has 0 aliphatic carbocycles. The van der Waals surface area contributed by atoms with Crippen LogP contribution >= 0.6 is 0 Å². The molecular formula is C13H16N2O3. The molecule has 1 atom stereocenters. The van der Waals surface area contributed by atoms with Crippen LogP contribution in [0.2, 0.25) is 0 Å². The van der Waals surface area contributed by atoms with Crippen LogP contribution in [0, 0.1) is 0 Å². The zero-order valence-electron chi connectivity index (χ0n) is 10.0. The molecular weight excluding hydrogens is 232 g/mol. The molecule has 2 N–H and O–H groups in total. The molecule has 2 rings (SSSR count). The maximum Gasteiger partial charge on any atom is 0.410 e. The van der Waals surface area contributed by atoms with E-state index < -0.39 is 12.1 Å². The maximum atomic E-state index is 11.8. The third kappa shape index (κ3) is 3.07. The largest absolute Gasteiger partial charge is 0.445 e. The molecule has 5 nitrogen and oxygen atoms in total. The van der Waals surface area contributed by atoms with Gasteiger partial charge in [0.2, 0.25) is 0 Å². The van der Waals surface area contributed by atoms with Crippen molar-refractivity contribution in [2.75, 3.05) is 13.1 Å². The molecule has 1 aliphatic heterocycles. The van der Waals surface area contributed by atoms with E-state index >= 15 is 0 Å². The summed E-state index contributed by atoms with van der Waals surface area (Å²) in [6.07, 6.45) is -0.108. The number of amides is 1.